The van der Waals surface area contributed by atoms with Gasteiger partial charge in [0.05, 0.1) is 7.11 Å². The van der Waals surface area contributed by atoms with Crippen molar-refractivity contribution in [2.24, 2.45) is 0 Å². The van der Waals surface area contributed by atoms with Gasteiger partial charge in [0.15, 0.2) is 0 Å². The quantitative estimate of drug-likeness (QED) is 0.602. The van der Waals surface area contributed by atoms with Gasteiger partial charge in [-0.25, -0.2) is 14.2 Å². The summed E-state index contributed by atoms with van der Waals surface area (Å²) in [6, 6.07) is 8.59. The Morgan fingerprint density at radius 3 is 2.58 bits per heavy atom. The number of likely N-dealkylation sites (tertiary alicyclic amines) is 1. The number of methoxy groups -OCH3 is 1. The van der Waals surface area contributed by atoms with Gasteiger partial charge in [-0.1, -0.05) is 0 Å². The predicted octanol–water partition coefficient (Wildman–Crippen LogP) is 5.49. The number of carbonyl (C=O) groups is 1. The highest BCUT2D eigenvalue weighted by atomic mass is 19.1. The van der Waals surface area contributed by atoms with Crippen molar-refractivity contribution >= 4 is 17.1 Å². The molecule has 2 aromatic heterocycles. The maximum atomic E-state index is 13.7. The van der Waals surface area contributed by atoms with Gasteiger partial charge >= 0.3 is 6.09 Å². The van der Waals surface area contributed by atoms with E-state index in [4.69, 9.17) is 9.47 Å². The van der Waals surface area contributed by atoms with Crippen LogP contribution in [0.5, 0.6) is 5.75 Å². The van der Waals surface area contributed by atoms with E-state index in [1.54, 1.807) is 17.2 Å². The highest BCUT2D eigenvalue weighted by Crippen LogP contribution is 2.37. The second-order valence-corrected chi connectivity index (χ2v) is 8.93. The van der Waals surface area contributed by atoms with Crippen molar-refractivity contribution in [1.29, 1.82) is 0 Å². The minimum atomic E-state index is -0.491. The molecule has 164 valence electrons. The SMILES string of the molecule is COc1cc(F)ccc1-c1ccnc2[nH]c(C3CCN(C(=O)OC(C)(C)C)CC3)cc12. The molecule has 3 aromatic rings. The number of aromatic amines is 1. The molecule has 0 bridgehead atoms. The van der Waals surface area contributed by atoms with E-state index in [1.807, 2.05) is 26.8 Å². The van der Waals surface area contributed by atoms with Crippen LogP contribution in [0.25, 0.3) is 22.2 Å². The summed E-state index contributed by atoms with van der Waals surface area (Å²) >= 11 is 0. The van der Waals surface area contributed by atoms with Crippen LogP contribution < -0.4 is 4.74 Å². The van der Waals surface area contributed by atoms with Gasteiger partial charge in [0.25, 0.3) is 0 Å². The number of halogens is 1. The zero-order valence-electron chi connectivity index (χ0n) is 18.4. The fraction of sp³-hybridized carbons (Fsp3) is 0.417. The minimum absolute atomic E-state index is 0.255. The van der Waals surface area contributed by atoms with Crippen molar-refractivity contribution < 1.29 is 18.7 Å². The van der Waals surface area contributed by atoms with Crippen LogP contribution >= 0.6 is 0 Å². The van der Waals surface area contributed by atoms with Crippen molar-refractivity contribution in [3.05, 3.63) is 48.0 Å². The second kappa shape index (κ2) is 8.21. The van der Waals surface area contributed by atoms with E-state index in [1.165, 1.54) is 19.2 Å². The molecule has 31 heavy (non-hydrogen) atoms. The molecule has 1 amide bonds. The number of hydrogen-bond acceptors (Lipinski definition) is 4. The standard InChI is InChI=1S/C24H28FN3O3/c1-24(2,3)31-23(29)28-11-8-15(9-12-28)20-14-19-17(7-10-26-22(19)27-20)18-6-5-16(25)13-21(18)30-4/h5-7,10,13-15H,8-9,11-12H2,1-4H3,(H,26,27). The molecule has 1 aliphatic rings. The Morgan fingerprint density at radius 2 is 1.90 bits per heavy atom. The van der Waals surface area contributed by atoms with Crippen molar-refractivity contribution in [2.45, 2.75) is 45.1 Å². The summed E-state index contributed by atoms with van der Waals surface area (Å²) in [5.41, 5.74) is 3.15. The lowest BCUT2D eigenvalue weighted by atomic mass is 9.93. The van der Waals surface area contributed by atoms with E-state index >= 15 is 0 Å². The molecule has 1 aromatic carbocycles. The van der Waals surface area contributed by atoms with Crippen LogP contribution in [0.3, 0.4) is 0 Å². The number of fused-ring (bicyclic) bond motifs is 1. The van der Waals surface area contributed by atoms with Gasteiger partial charge < -0.3 is 19.4 Å². The number of carbonyl (C=O) groups excluding carboxylic acids is 1. The third-order valence-electron chi connectivity index (χ3n) is 5.59. The maximum Gasteiger partial charge on any atom is 0.410 e. The fourth-order valence-electron chi connectivity index (χ4n) is 4.09. The van der Waals surface area contributed by atoms with Gasteiger partial charge in [-0.2, -0.15) is 0 Å². The number of pyridine rings is 1. The third kappa shape index (κ3) is 4.50. The number of ether oxygens (including phenoxy) is 2. The van der Waals surface area contributed by atoms with Gasteiger partial charge in [0, 0.05) is 47.9 Å². The molecule has 0 spiro atoms. The van der Waals surface area contributed by atoms with Crippen LogP contribution in [0, 0.1) is 5.82 Å². The Balaban J connectivity index is 1.56. The first-order valence-electron chi connectivity index (χ1n) is 10.5. The summed E-state index contributed by atoms with van der Waals surface area (Å²) in [5, 5.41) is 0.969. The van der Waals surface area contributed by atoms with Crippen LogP contribution in [0.15, 0.2) is 36.5 Å². The number of benzene rings is 1. The summed E-state index contributed by atoms with van der Waals surface area (Å²) in [7, 11) is 1.54. The molecule has 1 aliphatic heterocycles. The molecule has 0 radical (unpaired) electrons. The minimum Gasteiger partial charge on any atom is -0.496 e. The van der Waals surface area contributed by atoms with Crippen LogP contribution in [0.4, 0.5) is 9.18 Å². The molecular weight excluding hydrogens is 397 g/mol. The average Bonchev–Trinajstić information content (AvgIpc) is 3.17. The molecule has 4 rings (SSSR count). The second-order valence-electron chi connectivity index (χ2n) is 8.93. The molecule has 3 heterocycles. The number of rotatable bonds is 3. The first-order chi connectivity index (χ1) is 14.7. The van der Waals surface area contributed by atoms with Gasteiger partial charge in [0.2, 0.25) is 0 Å². The molecule has 0 aliphatic carbocycles. The number of amides is 1. The Labute approximate surface area is 181 Å². The molecular formula is C24H28FN3O3. The van der Waals surface area contributed by atoms with E-state index in [0.29, 0.717) is 24.8 Å². The van der Waals surface area contributed by atoms with Crippen molar-refractivity contribution in [3.63, 3.8) is 0 Å². The average molecular weight is 426 g/mol. The van der Waals surface area contributed by atoms with E-state index < -0.39 is 5.60 Å². The normalized spacial score (nSPS) is 15.3. The van der Waals surface area contributed by atoms with Crippen molar-refractivity contribution in [1.82, 2.24) is 14.9 Å². The van der Waals surface area contributed by atoms with Gasteiger partial charge in [-0.3, -0.25) is 0 Å². The molecule has 0 saturated carbocycles. The molecule has 1 saturated heterocycles. The number of H-pyrrole nitrogens is 1. The van der Waals surface area contributed by atoms with Crippen LogP contribution in [-0.4, -0.2) is 46.8 Å². The number of aromatic nitrogens is 2. The lowest BCUT2D eigenvalue weighted by molar-refractivity contribution is 0.0204. The maximum absolute atomic E-state index is 13.7. The fourth-order valence-corrected chi connectivity index (χ4v) is 4.09. The third-order valence-corrected chi connectivity index (χ3v) is 5.59. The van der Waals surface area contributed by atoms with Crippen LogP contribution in [0.2, 0.25) is 0 Å². The van der Waals surface area contributed by atoms with Gasteiger partial charge in [-0.15, -0.1) is 0 Å². The van der Waals surface area contributed by atoms with E-state index in [9.17, 15) is 9.18 Å². The number of nitrogens with one attached hydrogen (secondary N) is 1. The van der Waals surface area contributed by atoms with Gasteiger partial charge in [0.1, 0.15) is 22.8 Å². The molecule has 6 nitrogen and oxygen atoms in total. The first-order valence-corrected chi connectivity index (χ1v) is 10.5. The lowest BCUT2D eigenvalue weighted by Gasteiger charge is -2.33. The van der Waals surface area contributed by atoms with Gasteiger partial charge in [-0.05, 0) is 63.4 Å². The highest BCUT2D eigenvalue weighted by Gasteiger charge is 2.28. The Bertz CT molecular complexity index is 1100. The zero-order valence-corrected chi connectivity index (χ0v) is 18.4. The molecule has 1 N–H and O–H groups in total. The molecule has 7 heteroatoms. The van der Waals surface area contributed by atoms with Crippen LogP contribution in [0.1, 0.15) is 45.2 Å². The van der Waals surface area contributed by atoms with Crippen LogP contribution in [-0.2, 0) is 4.74 Å². The summed E-state index contributed by atoms with van der Waals surface area (Å²) in [6.07, 6.45) is 3.18. The topological polar surface area (TPSA) is 67.5 Å². The highest BCUT2D eigenvalue weighted by molar-refractivity contribution is 5.95. The summed E-state index contributed by atoms with van der Waals surface area (Å²) in [6.45, 7) is 6.94. The van der Waals surface area contributed by atoms with E-state index in [-0.39, 0.29) is 11.9 Å². The molecule has 1 fully saturated rings. The Kier molecular flexibility index (Phi) is 5.60. The smallest absolute Gasteiger partial charge is 0.410 e. The lowest BCUT2D eigenvalue weighted by Crippen LogP contribution is -2.41. The summed E-state index contributed by atoms with van der Waals surface area (Å²) in [4.78, 5) is 22.0. The van der Waals surface area contributed by atoms with E-state index in [2.05, 4.69) is 16.0 Å². The predicted molar refractivity (Wildman–Crippen MR) is 118 cm³/mol. The zero-order chi connectivity index (χ0) is 22.2. The number of nitrogens with zero attached hydrogens (tertiary/aromatic N) is 2. The summed E-state index contributed by atoms with van der Waals surface area (Å²) < 4.78 is 24.5. The first kappa shape index (κ1) is 21.2. The largest absolute Gasteiger partial charge is 0.496 e. The molecule has 0 atom stereocenters. The Hall–Kier alpha value is -3.09. The number of piperidine rings is 1. The van der Waals surface area contributed by atoms with E-state index in [0.717, 1.165) is 40.7 Å². The number of hydrogen-bond donors (Lipinski definition) is 1. The van der Waals surface area contributed by atoms with Crippen molar-refractivity contribution in [2.75, 3.05) is 20.2 Å². The summed E-state index contributed by atoms with van der Waals surface area (Å²) in [5.74, 6) is 0.453. The molecule has 0 unspecified atom stereocenters. The monoisotopic (exact) mass is 425 g/mol. The van der Waals surface area contributed by atoms with Crippen molar-refractivity contribution in [3.8, 4) is 16.9 Å². The Morgan fingerprint density at radius 1 is 1.16 bits per heavy atom.